The summed E-state index contributed by atoms with van der Waals surface area (Å²) < 4.78 is 5.61. The first-order valence-electron chi connectivity index (χ1n) is 7.37. The molecule has 5 heteroatoms. The first-order chi connectivity index (χ1) is 10.0. The molecule has 0 aromatic heterocycles. The van der Waals surface area contributed by atoms with E-state index in [1.54, 1.807) is 0 Å². The number of morpholine rings is 1. The van der Waals surface area contributed by atoms with Gasteiger partial charge in [-0.15, -0.1) is 0 Å². The highest BCUT2D eigenvalue weighted by atomic mass is 35.5. The number of ether oxygens (including phenoxy) is 1. The second-order valence-corrected chi connectivity index (χ2v) is 6.49. The number of benzene rings is 1. The van der Waals surface area contributed by atoms with Crippen LogP contribution in [0.25, 0.3) is 0 Å². The molecule has 4 nitrogen and oxygen atoms in total. The van der Waals surface area contributed by atoms with Crippen LogP contribution < -0.4 is 0 Å². The van der Waals surface area contributed by atoms with Gasteiger partial charge in [-0.25, -0.2) is 0 Å². The summed E-state index contributed by atoms with van der Waals surface area (Å²) in [6.07, 6.45) is 1.44. The summed E-state index contributed by atoms with van der Waals surface area (Å²) in [6.45, 7) is 2.94. The first-order valence-corrected chi connectivity index (χ1v) is 7.75. The third-order valence-corrected chi connectivity index (χ3v) is 4.63. The van der Waals surface area contributed by atoms with Gasteiger partial charge in [0, 0.05) is 18.1 Å². The molecule has 3 rings (SSSR count). The van der Waals surface area contributed by atoms with Crippen molar-refractivity contribution in [3.05, 3.63) is 34.9 Å². The molecule has 1 aliphatic heterocycles. The van der Waals surface area contributed by atoms with E-state index < -0.39 is 0 Å². The Bertz CT molecular complexity index is 527. The Kier molecular flexibility index (Phi) is 3.95. The van der Waals surface area contributed by atoms with Crippen molar-refractivity contribution < 1.29 is 14.6 Å². The van der Waals surface area contributed by atoms with Crippen molar-refractivity contribution in [3.8, 4) is 0 Å². The lowest BCUT2D eigenvalue weighted by Crippen LogP contribution is -2.53. The van der Waals surface area contributed by atoms with E-state index in [9.17, 15) is 9.90 Å². The van der Waals surface area contributed by atoms with Gasteiger partial charge >= 0.3 is 0 Å². The van der Waals surface area contributed by atoms with E-state index in [1.807, 2.05) is 36.1 Å². The van der Waals surface area contributed by atoms with E-state index in [2.05, 4.69) is 0 Å². The van der Waals surface area contributed by atoms with Crippen molar-refractivity contribution in [1.82, 2.24) is 4.90 Å². The summed E-state index contributed by atoms with van der Waals surface area (Å²) in [7, 11) is 0. The fourth-order valence-electron chi connectivity index (χ4n) is 3.13. The zero-order valence-corrected chi connectivity index (χ0v) is 12.8. The molecule has 114 valence electrons. The van der Waals surface area contributed by atoms with Crippen LogP contribution in [0.1, 0.15) is 25.3 Å². The molecule has 0 spiro atoms. The van der Waals surface area contributed by atoms with E-state index in [0.29, 0.717) is 18.1 Å². The molecule has 21 heavy (non-hydrogen) atoms. The minimum Gasteiger partial charge on any atom is -0.394 e. The van der Waals surface area contributed by atoms with Crippen LogP contribution in [-0.4, -0.2) is 47.8 Å². The lowest BCUT2D eigenvalue weighted by atomic mass is 9.93. The Morgan fingerprint density at radius 2 is 2.05 bits per heavy atom. The summed E-state index contributed by atoms with van der Waals surface area (Å²) in [5, 5.41) is 9.98. The quantitative estimate of drug-likeness (QED) is 0.929. The van der Waals surface area contributed by atoms with Crippen LogP contribution in [-0.2, 0) is 14.9 Å². The zero-order valence-electron chi connectivity index (χ0n) is 12.1. The van der Waals surface area contributed by atoms with Gasteiger partial charge in [-0.1, -0.05) is 23.7 Å². The second-order valence-electron chi connectivity index (χ2n) is 6.05. The fraction of sp³-hybridized carbons (Fsp3) is 0.562. The molecule has 1 saturated heterocycles. The molecule has 1 amide bonds. The highest BCUT2D eigenvalue weighted by molar-refractivity contribution is 6.30. The van der Waals surface area contributed by atoms with E-state index in [4.69, 9.17) is 16.3 Å². The summed E-state index contributed by atoms with van der Waals surface area (Å²) >= 11 is 5.93. The molecule has 0 bridgehead atoms. The lowest BCUT2D eigenvalue weighted by Gasteiger charge is -2.38. The van der Waals surface area contributed by atoms with Crippen LogP contribution in [0, 0.1) is 0 Å². The molecule has 1 aromatic rings. The maximum atomic E-state index is 12.9. The molecule has 1 aromatic carbocycles. The first kappa shape index (κ1) is 14.8. The number of amides is 1. The van der Waals surface area contributed by atoms with E-state index >= 15 is 0 Å². The average molecular weight is 310 g/mol. The van der Waals surface area contributed by atoms with Gasteiger partial charge in [-0.3, -0.25) is 4.79 Å². The Labute approximate surface area is 129 Å². The standard InChI is InChI=1S/C16H20ClNO3/c1-11-8-18(9-14(10-19)21-11)15(20)16(6-7-16)12-2-4-13(17)5-3-12/h2-5,11,14,19H,6-10H2,1H3. The van der Waals surface area contributed by atoms with E-state index in [0.717, 1.165) is 18.4 Å². The van der Waals surface area contributed by atoms with Crippen LogP contribution in [0.5, 0.6) is 0 Å². The predicted molar refractivity (Wildman–Crippen MR) is 80.4 cm³/mol. The van der Waals surface area contributed by atoms with Crippen molar-refractivity contribution in [1.29, 1.82) is 0 Å². The number of halogens is 1. The number of hydrogen-bond acceptors (Lipinski definition) is 3. The third-order valence-electron chi connectivity index (χ3n) is 4.37. The number of hydrogen-bond donors (Lipinski definition) is 1. The minimum absolute atomic E-state index is 0.0409. The average Bonchev–Trinajstić information content (AvgIpc) is 3.28. The number of carbonyl (C=O) groups excluding carboxylic acids is 1. The fourth-order valence-corrected chi connectivity index (χ4v) is 3.26. The smallest absolute Gasteiger partial charge is 0.233 e. The minimum atomic E-state index is -0.387. The molecular formula is C16H20ClNO3. The van der Waals surface area contributed by atoms with Gasteiger partial charge in [0.1, 0.15) is 0 Å². The van der Waals surface area contributed by atoms with Gasteiger partial charge in [0.25, 0.3) is 0 Å². The summed E-state index contributed by atoms with van der Waals surface area (Å²) in [6, 6.07) is 7.56. The molecule has 2 fully saturated rings. The van der Waals surface area contributed by atoms with Gasteiger partial charge < -0.3 is 14.7 Å². The van der Waals surface area contributed by atoms with E-state index in [-0.39, 0.29) is 30.1 Å². The Hall–Kier alpha value is -1.10. The molecule has 1 heterocycles. The largest absolute Gasteiger partial charge is 0.394 e. The highest BCUT2D eigenvalue weighted by Crippen LogP contribution is 2.50. The Morgan fingerprint density at radius 3 is 2.62 bits per heavy atom. The number of aliphatic hydroxyl groups is 1. The van der Waals surface area contributed by atoms with Crippen LogP contribution in [0.3, 0.4) is 0 Å². The van der Waals surface area contributed by atoms with Crippen LogP contribution in [0.4, 0.5) is 0 Å². The maximum absolute atomic E-state index is 12.9. The molecule has 0 radical (unpaired) electrons. The van der Waals surface area contributed by atoms with Gasteiger partial charge in [-0.2, -0.15) is 0 Å². The summed E-state index contributed by atoms with van der Waals surface area (Å²) in [4.78, 5) is 14.8. The van der Waals surface area contributed by atoms with Gasteiger partial charge in [0.15, 0.2) is 0 Å². The molecule has 2 unspecified atom stereocenters. The molecule has 2 atom stereocenters. The monoisotopic (exact) mass is 309 g/mol. The molecular weight excluding hydrogens is 290 g/mol. The topological polar surface area (TPSA) is 49.8 Å². The molecule has 2 aliphatic rings. The second kappa shape index (κ2) is 5.59. The zero-order chi connectivity index (χ0) is 15.0. The van der Waals surface area contributed by atoms with Crippen molar-refractivity contribution in [2.45, 2.75) is 37.4 Å². The van der Waals surface area contributed by atoms with Crippen LogP contribution in [0.2, 0.25) is 5.02 Å². The number of rotatable bonds is 3. The maximum Gasteiger partial charge on any atom is 0.233 e. The number of nitrogens with zero attached hydrogens (tertiary/aromatic N) is 1. The molecule has 1 saturated carbocycles. The Balaban J connectivity index is 1.79. The van der Waals surface area contributed by atoms with Gasteiger partial charge in [0.2, 0.25) is 5.91 Å². The predicted octanol–water partition coefficient (Wildman–Crippen LogP) is 1.98. The van der Waals surface area contributed by atoms with Crippen molar-refractivity contribution in [2.75, 3.05) is 19.7 Å². The number of carbonyl (C=O) groups is 1. The van der Waals surface area contributed by atoms with Gasteiger partial charge in [0.05, 0.1) is 24.2 Å². The van der Waals surface area contributed by atoms with Crippen LogP contribution in [0.15, 0.2) is 24.3 Å². The SMILES string of the molecule is CC1CN(C(=O)C2(c3ccc(Cl)cc3)CC2)CC(CO)O1. The highest BCUT2D eigenvalue weighted by Gasteiger charge is 2.53. The van der Waals surface area contributed by atoms with Crippen molar-refractivity contribution >= 4 is 17.5 Å². The van der Waals surface area contributed by atoms with Crippen LogP contribution >= 0.6 is 11.6 Å². The molecule has 1 N–H and O–H groups in total. The summed E-state index contributed by atoms with van der Waals surface area (Å²) in [5.74, 6) is 0.151. The van der Waals surface area contributed by atoms with Crippen molar-refractivity contribution in [3.63, 3.8) is 0 Å². The lowest BCUT2D eigenvalue weighted by molar-refractivity contribution is -0.149. The Morgan fingerprint density at radius 1 is 1.38 bits per heavy atom. The molecule has 1 aliphatic carbocycles. The van der Waals surface area contributed by atoms with Crippen molar-refractivity contribution in [2.24, 2.45) is 0 Å². The third kappa shape index (κ3) is 2.80. The summed E-state index contributed by atoms with van der Waals surface area (Å²) in [5.41, 5.74) is 0.651. The number of aliphatic hydroxyl groups excluding tert-OH is 1. The van der Waals surface area contributed by atoms with Gasteiger partial charge in [-0.05, 0) is 37.5 Å². The normalized spacial score (nSPS) is 27.5. The van der Waals surface area contributed by atoms with E-state index in [1.165, 1.54) is 0 Å².